The summed E-state index contributed by atoms with van der Waals surface area (Å²) < 4.78 is 11.0. The van der Waals surface area contributed by atoms with Crippen LogP contribution in [0.1, 0.15) is 37.3 Å². The third-order valence-electron chi connectivity index (χ3n) is 5.17. The van der Waals surface area contributed by atoms with Gasteiger partial charge in [0.25, 0.3) is 5.22 Å². The number of hydrogen-bond acceptors (Lipinski definition) is 5. The molecule has 1 aliphatic heterocycles. The molecule has 3 aromatic rings. The van der Waals surface area contributed by atoms with Crippen LogP contribution in [-0.2, 0) is 4.79 Å². The molecule has 0 spiro atoms. The number of rotatable bonds is 5. The van der Waals surface area contributed by atoms with E-state index in [4.69, 9.17) is 9.15 Å². The Morgan fingerprint density at radius 2 is 2.00 bits per heavy atom. The first-order valence-electron chi connectivity index (χ1n) is 9.66. The van der Waals surface area contributed by atoms with Gasteiger partial charge in [0, 0.05) is 6.54 Å². The Hall–Kier alpha value is -2.47. The lowest BCUT2D eigenvalue weighted by molar-refractivity contribution is -0.130. The number of thioether (sulfide) groups is 1. The maximum absolute atomic E-state index is 13.1. The zero-order valence-corrected chi connectivity index (χ0v) is 16.8. The summed E-state index contributed by atoms with van der Waals surface area (Å²) in [6.07, 6.45) is 4.34. The molecule has 0 unspecified atom stereocenters. The molecule has 0 bridgehead atoms. The largest absolute Gasteiger partial charge is 0.497 e. The number of fused-ring (bicyclic) bond motifs is 1. The number of nitrogens with zero attached hydrogens (tertiary/aromatic N) is 2. The van der Waals surface area contributed by atoms with E-state index in [9.17, 15) is 4.79 Å². The number of carbonyl (C=O) groups is 1. The van der Waals surface area contributed by atoms with Gasteiger partial charge < -0.3 is 14.1 Å². The summed E-state index contributed by atoms with van der Waals surface area (Å²) in [5.74, 6) is 1.30. The molecule has 4 rings (SSSR count). The molecule has 0 N–H and O–H groups in total. The summed E-state index contributed by atoms with van der Waals surface area (Å²) in [5, 5.41) is 0.547. The van der Waals surface area contributed by atoms with Crippen LogP contribution in [0.25, 0.3) is 11.1 Å². The van der Waals surface area contributed by atoms with Gasteiger partial charge in [-0.25, -0.2) is 4.98 Å². The molecule has 0 saturated carbocycles. The SMILES string of the molecule is COc1ccc([C@H]2CCCCCN2C(=O)CSc2nc3ccccc3o2)cc1. The fourth-order valence-corrected chi connectivity index (χ4v) is 4.42. The summed E-state index contributed by atoms with van der Waals surface area (Å²) in [4.78, 5) is 19.5. The molecule has 1 aliphatic rings. The smallest absolute Gasteiger partial charge is 0.257 e. The minimum absolute atomic E-state index is 0.116. The van der Waals surface area contributed by atoms with Gasteiger partial charge in [-0.05, 0) is 42.7 Å². The fraction of sp³-hybridized carbons (Fsp3) is 0.364. The molecule has 1 fully saturated rings. The Morgan fingerprint density at radius 3 is 2.79 bits per heavy atom. The quantitative estimate of drug-likeness (QED) is 0.564. The van der Waals surface area contributed by atoms with Crippen molar-refractivity contribution in [2.24, 2.45) is 0 Å². The summed E-state index contributed by atoms with van der Waals surface area (Å²) >= 11 is 1.37. The molecule has 2 aromatic carbocycles. The summed E-state index contributed by atoms with van der Waals surface area (Å²) in [6.45, 7) is 0.795. The Bertz CT molecular complexity index is 905. The van der Waals surface area contributed by atoms with E-state index in [0.717, 1.165) is 49.1 Å². The maximum Gasteiger partial charge on any atom is 0.257 e. The van der Waals surface area contributed by atoms with Crippen LogP contribution < -0.4 is 4.74 Å². The Morgan fingerprint density at radius 1 is 1.18 bits per heavy atom. The van der Waals surface area contributed by atoms with Crippen LogP contribution in [0.4, 0.5) is 0 Å². The molecule has 2 heterocycles. The number of amides is 1. The highest BCUT2D eigenvalue weighted by Gasteiger charge is 2.27. The number of hydrogen-bond donors (Lipinski definition) is 0. The lowest BCUT2D eigenvalue weighted by atomic mass is 10.0. The third kappa shape index (κ3) is 4.17. The Labute approximate surface area is 169 Å². The standard InChI is InChI=1S/C22H24N2O3S/c1-26-17-12-10-16(11-13-17)19-8-3-2-6-14-24(19)21(25)15-28-22-23-18-7-4-5-9-20(18)27-22/h4-5,7,9-13,19H,2-3,6,8,14-15H2,1H3/t19-/m1/s1. The van der Waals surface area contributed by atoms with E-state index in [1.807, 2.05) is 41.3 Å². The molecule has 1 amide bonds. The van der Waals surface area contributed by atoms with Crippen molar-refractivity contribution < 1.29 is 13.9 Å². The van der Waals surface area contributed by atoms with Crippen molar-refractivity contribution in [1.82, 2.24) is 9.88 Å². The van der Waals surface area contributed by atoms with Crippen molar-refractivity contribution in [1.29, 1.82) is 0 Å². The van der Waals surface area contributed by atoms with E-state index >= 15 is 0 Å². The van der Waals surface area contributed by atoms with Gasteiger partial charge in [-0.2, -0.15) is 0 Å². The highest BCUT2D eigenvalue weighted by molar-refractivity contribution is 7.99. The predicted molar refractivity (Wildman–Crippen MR) is 111 cm³/mol. The summed E-state index contributed by atoms with van der Waals surface area (Å²) in [6, 6.07) is 15.9. The summed E-state index contributed by atoms with van der Waals surface area (Å²) in [5.41, 5.74) is 2.74. The molecule has 28 heavy (non-hydrogen) atoms. The van der Waals surface area contributed by atoms with Crippen molar-refractivity contribution in [2.45, 2.75) is 36.9 Å². The number of para-hydroxylation sites is 2. The van der Waals surface area contributed by atoms with Gasteiger partial charge in [-0.15, -0.1) is 0 Å². The van der Waals surface area contributed by atoms with Gasteiger partial charge in [0.2, 0.25) is 5.91 Å². The highest BCUT2D eigenvalue weighted by Crippen LogP contribution is 2.32. The molecule has 0 aliphatic carbocycles. The number of methoxy groups -OCH3 is 1. The van der Waals surface area contributed by atoms with Crippen molar-refractivity contribution in [3.8, 4) is 5.75 Å². The van der Waals surface area contributed by atoms with Crippen molar-refractivity contribution in [3.63, 3.8) is 0 Å². The molecular formula is C22H24N2O3S. The molecule has 1 saturated heterocycles. The van der Waals surface area contributed by atoms with Gasteiger partial charge in [0.05, 0.1) is 18.9 Å². The van der Waals surface area contributed by atoms with Gasteiger partial charge in [-0.3, -0.25) is 4.79 Å². The Kier molecular flexibility index (Phi) is 5.86. The van der Waals surface area contributed by atoms with E-state index in [0.29, 0.717) is 11.0 Å². The first-order chi connectivity index (χ1) is 13.7. The molecular weight excluding hydrogens is 372 g/mol. The second kappa shape index (κ2) is 8.69. The molecule has 1 atom stereocenters. The number of aromatic nitrogens is 1. The number of likely N-dealkylation sites (tertiary alicyclic amines) is 1. The molecule has 1 aromatic heterocycles. The minimum atomic E-state index is 0.116. The van der Waals surface area contributed by atoms with Gasteiger partial charge in [-0.1, -0.05) is 48.9 Å². The van der Waals surface area contributed by atoms with E-state index in [-0.39, 0.29) is 11.9 Å². The van der Waals surface area contributed by atoms with Crippen molar-refractivity contribution in [3.05, 3.63) is 54.1 Å². The van der Waals surface area contributed by atoms with Gasteiger partial charge in [0.1, 0.15) is 11.3 Å². The van der Waals surface area contributed by atoms with E-state index in [1.165, 1.54) is 17.3 Å². The maximum atomic E-state index is 13.1. The first kappa shape index (κ1) is 18.9. The molecule has 146 valence electrons. The van der Waals surface area contributed by atoms with Crippen LogP contribution in [0.3, 0.4) is 0 Å². The van der Waals surface area contributed by atoms with Gasteiger partial charge >= 0.3 is 0 Å². The zero-order chi connectivity index (χ0) is 19.3. The minimum Gasteiger partial charge on any atom is -0.497 e. The number of oxazole rings is 1. The van der Waals surface area contributed by atoms with E-state index in [2.05, 4.69) is 17.1 Å². The van der Waals surface area contributed by atoms with Crippen LogP contribution in [0, 0.1) is 0 Å². The van der Waals surface area contributed by atoms with Crippen LogP contribution in [0.5, 0.6) is 5.75 Å². The van der Waals surface area contributed by atoms with Crippen molar-refractivity contribution in [2.75, 3.05) is 19.4 Å². The normalized spacial score (nSPS) is 17.5. The zero-order valence-electron chi connectivity index (χ0n) is 16.0. The molecule has 5 nitrogen and oxygen atoms in total. The highest BCUT2D eigenvalue weighted by atomic mass is 32.2. The topological polar surface area (TPSA) is 55.6 Å². The average Bonchev–Trinajstić information content (AvgIpc) is 2.99. The van der Waals surface area contributed by atoms with Crippen molar-refractivity contribution >= 4 is 28.8 Å². The summed E-state index contributed by atoms with van der Waals surface area (Å²) in [7, 11) is 1.67. The second-order valence-electron chi connectivity index (χ2n) is 6.96. The van der Waals surface area contributed by atoms with Crippen LogP contribution in [-0.4, -0.2) is 35.2 Å². The fourth-order valence-electron chi connectivity index (χ4n) is 3.70. The Balaban J connectivity index is 1.47. The predicted octanol–water partition coefficient (Wildman–Crippen LogP) is 5.07. The lowest BCUT2D eigenvalue weighted by Gasteiger charge is -2.30. The molecule has 6 heteroatoms. The van der Waals surface area contributed by atoms with E-state index < -0.39 is 0 Å². The lowest BCUT2D eigenvalue weighted by Crippen LogP contribution is -2.36. The number of carbonyl (C=O) groups excluding carboxylic acids is 1. The third-order valence-corrected chi connectivity index (χ3v) is 5.98. The number of ether oxygens (including phenoxy) is 1. The van der Waals surface area contributed by atoms with Crippen LogP contribution in [0.15, 0.2) is 58.2 Å². The van der Waals surface area contributed by atoms with Gasteiger partial charge in [0.15, 0.2) is 5.58 Å². The van der Waals surface area contributed by atoms with E-state index in [1.54, 1.807) is 7.11 Å². The van der Waals surface area contributed by atoms with Crippen LogP contribution in [0.2, 0.25) is 0 Å². The average molecular weight is 397 g/mol. The molecule has 0 radical (unpaired) electrons. The van der Waals surface area contributed by atoms with Crippen LogP contribution >= 0.6 is 11.8 Å². The number of benzene rings is 2. The second-order valence-corrected chi connectivity index (χ2v) is 7.89. The monoisotopic (exact) mass is 396 g/mol. The first-order valence-corrected chi connectivity index (χ1v) is 10.6.